The summed E-state index contributed by atoms with van der Waals surface area (Å²) in [5, 5.41) is 0. The van der Waals surface area contributed by atoms with Crippen LogP contribution < -0.4 is 14.2 Å². The smallest absolute Gasteiger partial charge is 0.344 e. The number of allylic oxidation sites excluding steroid dienone is 1. The van der Waals surface area contributed by atoms with E-state index in [1.54, 1.807) is 44.4 Å². The number of esters is 2. The zero-order valence-corrected chi connectivity index (χ0v) is 23.0. The maximum atomic E-state index is 13.2. The Morgan fingerprint density at radius 3 is 2.27 bits per heavy atom. The molecule has 8 heteroatoms. The highest BCUT2D eigenvalue weighted by Crippen LogP contribution is 2.30. The van der Waals surface area contributed by atoms with Crippen LogP contribution in [0.5, 0.6) is 17.2 Å². The van der Waals surface area contributed by atoms with E-state index in [-0.39, 0.29) is 30.3 Å². The molecule has 0 aliphatic carbocycles. The Hall–Kier alpha value is -4.59. The lowest BCUT2D eigenvalue weighted by Gasteiger charge is -2.14. The van der Waals surface area contributed by atoms with Crippen molar-refractivity contribution in [3.63, 3.8) is 0 Å². The third-order valence-corrected chi connectivity index (χ3v) is 5.85. The van der Waals surface area contributed by atoms with Crippen LogP contribution in [0.15, 0.2) is 72.8 Å². The Morgan fingerprint density at radius 2 is 1.55 bits per heavy atom. The van der Waals surface area contributed by atoms with Crippen molar-refractivity contribution in [2.75, 3.05) is 34.0 Å². The molecule has 3 aromatic rings. The van der Waals surface area contributed by atoms with Crippen molar-refractivity contribution in [3.05, 3.63) is 95.1 Å². The zero-order valence-electron chi connectivity index (χ0n) is 23.0. The van der Waals surface area contributed by atoms with E-state index in [1.165, 1.54) is 19.2 Å². The van der Waals surface area contributed by atoms with Crippen molar-refractivity contribution in [1.29, 1.82) is 0 Å². The number of ether oxygens (including phenoxy) is 5. The topological polar surface area (TPSA) is 97.4 Å². The second-order valence-corrected chi connectivity index (χ2v) is 8.68. The Morgan fingerprint density at radius 1 is 0.800 bits per heavy atom. The Labute approximate surface area is 234 Å². The fourth-order valence-corrected chi connectivity index (χ4v) is 3.77. The SMILES string of the molecule is CCOC(=O)COc1cc(C(=O)c2cccc(C(=O)OC)c2)ccc1OCCCCC=Cc1ccc(OC)cc1. The van der Waals surface area contributed by atoms with Crippen LogP contribution in [-0.4, -0.2) is 51.8 Å². The van der Waals surface area contributed by atoms with Gasteiger partial charge in [0, 0.05) is 11.1 Å². The molecule has 0 spiro atoms. The number of carbonyl (C=O) groups is 3. The van der Waals surface area contributed by atoms with Crippen molar-refractivity contribution in [3.8, 4) is 17.2 Å². The van der Waals surface area contributed by atoms with Gasteiger partial charge in [0.15, 0.2) is 23.9 Å². The fraction of sp³-hybridized carbons (Fsp3) is 0.281. The first-order valence-corrected chi connectivity index (χ1v) is 13.0. The minimum Gasteiger partial charge on any atom is -0.497 e. The van der Waals surface area contributed by atoms with Crippen molar-refractivity contribution in [1.82, 2.24) is 0 Å². The summed E-state index contributed by atoms with van der Waals surface area (Å²) in [5.41, 5.74) is 2.01. The van der Waals surface area contributed by atoms with Crippen LogP contribution in [0.25, 0.3) is 6.08 Å². The quantitative estimate of drug-likeness (QED) is 0.132. The molecule has 0 radical (unpaired) electrons. The lowest BCUT2D eigenvalue weighted by Crippen LogP contribution is -2.15. The first-order chi connectivity index (χ1) is 19.4. The lowest BCUT2D eigenvalue weighted by atomic mass is 10.0. The summed E-state index contributed by atoms with van der Waals surface area (Å²) in [7, 11) is 2.92. The molecule has 0 N–H and O–H groups in total. The molecule has 0 saturated heterocycles. The molecule has 0 bridgehead atoms. The summed E-state index contributed by atoms with van der Waals surface area (Å²) >= 11 is 0. The van der Waals surface area contributed by atoms with Crippen LogP contribution in [0.4, 0.5) is 0 Å². The molecule has 3 aromatic carbocycles. The molecule has 0 aliphatic heterocycles. The van der Waals surface area contributed by atoms with Gasteiger partial charge < -0.3 is 23.7 Å². The van der Waals surface area contributed by atoms with E-state index in [9.17, 15) is 14.4 Å². The Kier molecular flexibility index (Phi) is 11.8. The lowest BCUT2D eigenvalue weighted by molar-refractivity contribution is -0.145. The molecule has 0 heterocycles. The molecular weight excluding hydrogens is 512 g/mol. The fourth-order valence-electron chi connectivity index (χ4n) is 3.77. The molecule has 210 valence electrons. The second-order valence-electron chi connectivity index (χ2n) is 8.68. The number of hydrogen-bond acceptors (Lipinski definition) is 8. The average molecular weight is 547 g/mol. The highest BCUT2D eigenvalue weighted by Gasteiger charge is 2.17. The first-order valence-electron chi connectivity index (χ1n) is 13.0. The van der Waals surface area contributed by atoms with Gasteiger partial charge in [-0.1, -0.05) is 36.4 Å². The third kappa shape index (κ3) is 9.01. The number of hydrogen-bond donors (Lipinski definition) is 0. The van der Waals surface area contributed by atoms with Gasteiger partial charge in [0.05, 0.1) is 33.0 Å². The second kappa shape index (κ2) is 15.7. The van der Waals surface area contributed by atoms with Gasteiger partial charge in [-0.25, -0.2) is 9.59 Å². The zero-order chi connectivity index (χ0) is 28.7. The predicted molar refractivity (Wildman–Crippen MR) is 151 cm³/mol. The molecule has 0 atom stereocenters. The number of carbonyl (C=O) groups excluding carboxylic acids is 3. The molecule has 0 saturated carbocycles. The van der Waals surface area contributed by atoms with Crippen molar-refractivity contribution in [2.45, 2.75) is 26.2 Å². The summed E-state index contributed by atoms with van der Waals surface area (Å²) in [6, 6.07) is 18.9. The van der Waals surface area contributed by atoms with Gasteiger partial charge in [-0.05, 0) is 74.2 Å². The third-order valence-electron chi connectivity index (χ3n) is 5.85. The van der Waals surface area contributed by atoms with E-state index >= 15 is 0 Å². The highest BCUT2D eigenvalue weighted by atomic mass is 16.6. The molecule has 8 nitrogen and oxygen atoms in total. The number of methoxy groups -OCH3 is 2. The summed E-state index contributed by atoms with van der Waals surface area (Å²) in [6.07, 6.45) is 6.78. The van der Waals surface area contributed by atoms with Gasteiger partial charge in [-0.15, -0.1) is 0 Å². The molecule has 0 unspecified atom stereocenters. The van der Waals surface area contributed by atoms with Crippen LogP contribution in [0.2, 0.25) is 0 Å². The van der Waals surface area contributed by atoms with E-state index in [1.807, 2.05) is 24.3 Å². The van der Waals surface area contributed by atoms with E-state index in [2.05, 4.69) is 12.2 Å². The Balaban J connectivity index is 1.62. The number of rotatable bonds is 15. The normalized spacial score (nSPS) is 10.7. The largest absolute Gasteiger partial charge is 0.497 e. The van der Waals surface area contributed by atoms with E-state index < -0.39 is 11.9 Å². The molecule has 40 heavy (non-hydrogen) atoms. The summed E-state index contributed by atoms with van der Waals surface area (Å²) in [6.45, 7) is 2.05. The average Bonchev–Trinajstić information content (AvgIpc) is 2.99. The Bertz CT molecular complexity index is 1310. The van der Waals surface area contributed by atoms with Crippen LogP contribution >= 0.6 is 0 Å². The van der Waals surface area contributed by atoms with E-state index in [0.29, 0.717) is 23.5 Å². The molecule has 0 aromatic heterocycles. The number of ketones is 1. The summed E-state index contributed by atoms with van der Waals surface area (Å²) < 4.78 is 26.5. The standard InChI is InChI=1S/C32H34O8/c1-4-38-30(33)22-40-29-21-25(31(34)24-11-9-12-26(20-24)32(35)37-3)15-18-28(29)39-19-8-6-5-7-10-23-13-16-27(36-2)17-14-23/h7,9-18,20-21H,4-6,8,19,22H2,1-3H3. The molecular formula is C32H34O8. The van der Waals surface area contributed by atoms with Crippen molar-refractivity contribution in [2.24, 2.45) is 0 Å². The minimum absolute atomic E-state index is 0.230. The van der Waals surface area contributed by atoms with Gasteiger partial charge in [0.2, 0.25) is 0 Å². The van der Waals surface area contributed by atoms with Crippen LogP contribution in [0.1, 0.15) is 58.0 Å². The van der Waals surface area contributed by atoms with Crippen LogP contribution in [0.3, 0.4) is 0 Å². The van der Waals surface area contributed by atoms with E-state index in [0.717, 1.165) is 30.6 Å². The van der Waals surface area contributed by atoms with Crippen LogP contribution in [-0.2, 0) is 14.3 Å². The van der Waals surface area contributed by atoms with Crippen molar-refractivity contribution >= 4 is 23.8 Å². The number of benzene rings is 3. The van der Waals surface area contributed by atoms with Gasteiger partial charge in [-0.3, -0.25) is 4.79 Å². The summed E-state index contributed by atoms with van der Waals surface area (Å²) in [5.74, 6) is 0.111. The molecule has 3 rings (SSSR count). The first kappa shape index (κ1) is 30.0. The van der Waals surface area contributed by atoms with Gasteiger partial charge in [-0.2, -0.15) is 0 Å². The van der Waals surface area contributed by atoms with Gasteiger partial charge >= 0.3 is 11.9 Å². The monoisotopic (exact) mass is 546 g/mol. The maximum Gasteiger partial charge on any atom is 0.344 e. The van der Waals surface area contributed by atoms with Crippen molar-refractivity contribution < 1.29 is 38.1 Å². The predicted octanol–water partition coefficient (Wildman–Crippen LogP) is 5.92. The number of unbranched alkanes of at least 4 members (excludes halogenated alkanes) is 2. The summed E-state index contributed by atoms with van der Waals surface area (Å²) in [4.78, 5) is 36.9. The molecule has 0 fully saturated rings. The highest BCUT2D eigenvalue weighted by molar-refractivity contribution is 6.10. The molecule has 0 amide bonds. The maximum absolute atomic E-state index is 13.2. The minimum atomic E-state index is -0.534. The van der Waals surface area contributed by atoms with Gasteiger partial charge in [0.1, 0.15) is 5.75 Å². The van der Waals surface area contributed by atoms with Crippen LogP contribution in [0, 0.1) is 0 Å². The van der Waals surface area contributed by atoms with E-state index in [4.69, 9.17) is 23.7 Å². The molecule has 0 aliphatic rings. The van der Waals surface area contributed by atoms with Gasteiger partial charge in [0.25, 0.3) is 0 Å².